The lowest BCUT2D eigenvalue weighted by Crippen LogP contribution is -2.33. The van der Waals surface area contributed by atoms with Crippen LogP contribution in [0.25, 0.3) is 0 Å². The summed E-state index contributed by atoms with van der Waals surface area (Å²) in [6, 6.07) is 0. The van der Waals surface area contributed by atoms with Crippen molar-refractivity contribution in [3.8, 4) is 0 Å². The number of hydrogen-bond acceptors (Lipinski definition) is 2. The van der Waals surface area contributed by atoms with E-state index < -0.39 is 0 Å². The van der Waals surface area contributed by atoms with Crippen LogP contribution in [-0.2, 0) is 0 Å². The zero-order valence-electron chi connectivity index (χ0n) is 10.3. The number of guanidine groups is 1. The third-order valence-corrected chi connectivity index (χ3v) is 3.21. The molecule has 0 heterocycles. The maximum atomic E-state index is 5.72. The van der Waals surface area contributed by atoms with Gasteiger partial charge >= 0.3 is 0 Å². The molecule has 0 aromatic heterocycles. The molecule has 0 spiro atoms. The van der Waals surface area contributed by atoms with Crippen molar-refractivity contribution in [3.05, 3.63) is 0 Å². The van der Waals surface area contributed by atoms with Gasteiger partial charge in [-0.15, -0.1) is 0 Å². The van der Waals surface area contributed by atoms with E-state index in [4.69, 9.17) is 5.73 Å². The molecule has 0 fully saturated rings. The van der Waals surface area contributed by atoms with Crippen LogP contribution in [0.3, 0.4) is 0 Å². The molecule has 0 aliphatic rings. The minimum absolute atomic E-state index is 0.547. The van der Waals surface area contributed by atoms with Gasteiger partial charge in [0.15, 0.2) is 5.96 Å². The maximum Gasteiger partial charge on any atom is 0.188 e. The van der Waals surface area contributed by atoms with Gasteiger partial charge in [0.05, 0.1) is 6.54 Å². The van der Waals surface area contributed by atoms with Crippen LogP contribution in [0.15, 0.2) is 4.99 Å². The van der Waals surface area contributed by atoms with Gasteiger partial charge in [-0.05, 0) is 12.7 Å². The van der Waals surface area contributed by atoms with Gasteiger partial charge in [0, 0.05) is 11.8 Å². The summed E-state index contributed by atoms with van der Waals surface area (Å²) in [5.41, 5.74) is 5.72. The van der Waals surface area contributed by atoms with Gasteiger partial charge in [-0.1, -0.05) is 33.1 Å². The molecule has 90 valence electrons. The normalized spacial score (nSPS) is 13.9. The van der Waals surface area contributed by atoms with Gasteiger partial charge in [-0.25, -0.2) is 0 Å². The van der Waals surface area contributed by atoms with Gasteiger partial charge in [0.25, 0.3) is 0 Å². The molecule has 0 bridgehead atoms. The van der Waals surface area contributed by atoms with E-state index in [0.717, 1.165) is 13.1 Å². The predicted octanol–water partition coefficient (Wildman–Crippen LogP) is 2.22. The predicted molar refractivity (Wildman–Crippen MR) is 71.6 cm³/mol. The number of unbranched alkanes of at least 4 members (excludes halogenated alkanes) is 3. The second-order valence-electron chi connectivity index (χ2n) is 3.76. The van der Waals surface area contributed by atoms with Crippen molar-refractivity contribution in [1.29, 1.82) is 0 Å². The highest BCUT2D eigenvalue weighted by Crippen LogP contribution is 2.04. The summed E-state index contributed by atoms with van der Waals surface area (Å²) in [7, 11) is 0. The molecule has 0 saturated carbocycles. The number of nitrogens with two attached hydrogens (primary N) is 1. The van der Waals surface area contributed by atoms with Crippen molar-refractivity contribution < 1.29 is 0 Å². The number of thioether (sulfide) groups is 1. The van der Waals surface area contributed by atoms with E-state index >= 15 is 0 Å². The van der Waals surface area contributed by atoms with Crippen molar-refractivity contribution in [3.63, 3.8) is 0 Å². The Bertz CT molecular complexity index is 171. The number of nitrogens with one attached hydrogen (secondary N) is 1. The van der Waals surface area contributed by atoms with E-state index in [-0.39, 0.29) is 0 Å². The fourth-order valence-corrected chi connectivity index (χ4v) is 1.35. The van der Waals surface area contributed by atoms with E-state index in [1.807, 2.05) is 11.8 Å². The van der Waals surface area contributed by atoms with E-state index in [1.54, 1.807) is 0 Å². The summed E-state index contributed by atoms with van der Waals surface area (Å²) in [6.45, 7) is 6.12. The van der Waals surface area contributed by atoms with Crippen LogP contribution in [0.4, 0.5) is 0 Å². The first-order valence-corrected chi connectivity index (χ1v) is 7.06. The number of aliphatic imine (C=N–C) groups is 1. The molecular weight excluding hydrogens is 206 g/mol. The zero-order chi connectivity index (χ0) is 11.5. The SMILES string of the molecule is CCCCCCNC(N)=NCC(C)SC. The number of rotatable bonds is 8. The fraction of sp³-hybridized carbons (Fsp3) is 0.909. The van der Waals surface area contributed by atoms with Crippen LogP contribution >= 0.6 is 11.8 Å². The minimum atomic E-state index is 0.547. The highest BCUT2D eigenvalue weighted by atomic mass is 32.2. The molecule has 0 aliphatic heterocycles. The third kappa shape index (κ3) is 9.91. The topological polar surface area (TPSA) is 50.4 Å². The first kappa shape index (κ1) is 14.6. The van der Waals surface area contributed by atoms with Gasteiger partial charge in [-0.2, -0.15) is 11.8 Å². The molecule has 0 aliphatic carbocycles. The molecular formula is C11H25N3S. The first-order chi connectivity index (χ1) is 7.20. The highest BCUT2D eigenvalue weighted by molar-refractivity contribution is 7.99. The summed E-state index contributed by atoms with van der Waals surface area (Å²) in [6.07, 6.45) is 7.13. The number of nitrogens with zero attached hydrogens (tertiary/aromatic N) is 1. The molecule has 0 radical (unpaired) electrons. The van der Waals surface area contributed by atoms with E-state index in [9.17, 15) is 0 Å². The third-order valence-electron chi connectivity index (χ3n) is 2.26. The standard InChI is InChI=1S/C11H25N3S/c1-4-5-6-7-8-13-11(12)14-9-10(2)15-3/h10H,4-9H2,1-3H3,(H3,12,13,14). The molecule has 0 rings (SSSR count). The van der Waals surface area contributed by atoms with Crippen LogP contribution in [0.1, 0.15) is 39.5 Å². The van der Waals surface area contributed by atoms with Crippen LogP contribution in [0.2, 0.25) is 0 Å². The summed E-state index contributed by atoms with van der Waals surface area (Å²) in [5, 5.41) is 3.69. The molecule has 0 saturated heterocycles. The Balaban J connectivity index is 3.42. The highest BCUT2D eigenvalue weighted by Gasteiger charge is 1.97. The Morgan fingerprint density at radius 2 is 2.13 bits per heavy atom. The van der Waals surface area contributed by atoms with Crippen molar-refractivity contribution in [2.45, 2.75) is 44.8 Å². The molecule has 0 aromatic carbocycles. The van der Waals surface area contributed by atoms with Gasteiger partial charge in [0.2, 0.25) is 0 Å². The minimum Gasteiger partial charge on any atom is -0.370 e. The molecule has 3 nitrogen and oxygen atoms in total. The molecule has 3 N–H and O–H groups in total. The molecule has 4 heteroatoms. The summed E-state index contributed by atoms with van der Waals surface area (Å²) in [5.74, 6) is 0.590. The fourth-order valence-electron chi connectivity index (χ4n) is 1.13. The van der Waals surface area contributed by atoms with Crippen molar-refractivity contribution in [2.24, 2.45) is 10.7 Å². The first-order valence-electron chi connectivity index (χ1n) is 5.77. The van der Waals surface area contributed by atoms with Crippen LogP contribution in [-0.4, -0.2) is 30.6 Å². The summed E-state index contributed by atoms with van der Waals surface area (Å²) < 4.78 is 0. The van der Waals surface area contributed by atoms with E-state index in [1.165, 1.54) is 25.7 Å². The Hall–Kier alpha value is -0.380. The van der Waals surface area contributed by atoms with Crippen LogP contribution in [0, 0.1) is 0 Å². The molecule has 1 unspecified atom stereocenters. The van der Waals surface area contributed by atoms with Crippen molar-refractivity contribution in [1.82, 2.24) is 5.32 Å². The molecule has 15 heavy (non-hydrogen) atoms. The van der Waals surface area contributed by atoms with E-state index in [0.29, 0.717) is 11.2 Å². The quantitative estimate of drug-likeness (QED) is 0.382. The van der Waals surface area contributed by atoms with Crippen LogP contribution < -0.4 is 11.1 Å². The average Bonchev–Trinajstić information content (AvgIpc) is 2.25. The summed E-state index contributed by atoms with van der Waals surface area (Å²) >= 11 is 1.81. The van der Waals surface area contributed by atoms with Gasteiger partial charge < -0.3 is 11.1 Å². The van der Waals surface area contributed by atoms with Crippen LogP contribution in [0.5, 0.6) is 0 Å². The summed E-state index contributed by atoms with van der Waals surface area (Å²) in [4.78, 5) is 4.28. The zero-order valence-corrected chi connectivity index (χ0v) is 11.1. The lowest BCUT2D eigenvalue weighted by Gasteiger charge is -2.07. The van der Waals surface area contributed by atoms with Crippen molar-refractivity contribution >= 4 is 17.7 Å². The monoisotopic (exact) mass is 231 g/mol. The number of hydrogen-bond donors (Lipinski definition) is 2. The second kappa shape index (κ2) is 10.1. The van der Waals surface area contributed by atoms with Gasteiger partial charge in [-0.3, -0.25) is 4.99 Å². The van der Waals surface area contributed by atoms with Crippen molar-refractivity contribution in [2.75, 3.05) is 19.3 Å². The maximum absolute atomic E-state index is 5.72. The second-order valence-corrected chi connectivity index (χ2v) is 5.04. The molecule has 1 atom stereocenters. The molecule has 0 amide bonds. The smallest absolute Gasteiger partial charge is 0.188 e. The Labute approximate surface area is 98.3 Å². The Kier molecular flexibility index (Phi) is 9.89. The lowest BCUT2D eigenvalue weighted by molar-refractivity contribution is 0.652. The molecule has 0 aromatic rings. The largest absolute Gasteiger partial charge is 0.370 e. The Morgan fingerprint density at radius 1 is 1.40 bits per heavy atom. The van der Waals surface area contributed by atoms with Gasteiger partial charge in [0.1, 0.15) is 0 Å². The van der Waals surface area contributed by atoms with E-state index in [2.05, 4.69) is 30.4 Å². The average molecular weight is 231 g/mol. The Morgan fingerprint density at radius 3 is 2.73 bits per heavy atom. The lowest BCUT2D eigenvalue weighted by atomic mass is 10.2.